The van der Waals surface area contributed by atoms with Gasteiger partial charge >= 0.3 is 6.18 Å². The zero-order valence-electron chi connectivity index (χ0n) is 12.6. The minimum atomic E-state index is -4.62. The monoisotopic (exact) mass is 337 g/mol. The first kappa shape index (κ1) is 17.4. The Hall–Kier alpha value is -2.97. The Labute approximate surface area is 135 Å². The highest BCUT2D eigenvalue weighted by atomic mass is 19.4. The van der Waals surface area contributed by atoms with Crippen LogP contribution in [0.15, 0.2) is 35.6 Å². The second kappa shape index (κ2) is 7.07. The third-order valence-electron chi connectivity index (χ3n) is 3.03. The fraction of sp³-hybridized carbons (Fsp3) is 0.200. The number of nitrogens with one attached hydrogen (secondary N) is 1. The summed E-state index contributed by atoms with van der Waals surface area (Å²) < 4.78 is 40.3. The van der Waals surface area contributed by atoms with Crippen molar-refractivity contribution in [3.63, 3.8) is 0 Å². The predicted molar refractivity (Wildman–Crippen MR) is 83.7 cm³/mol. The Morgan fingerprint density at radius 1 is 1.38 bits per heavy atom. The summed E-state index contributed by atoms with van der Waals surface area (Å²) in [5.74, 6) is -0.847. The first-order valence-corrected chi connectivity index (χ1v) is 6.80. The van der Waals surface area contributed by atoms with Crippen LogP contribution in [-0.4, -0.2) is 35.7 Å². The number of hydrogen-bond acceptors (Lipinski definition) is 5. The molecule has 0 bridgehead atoms. The van der Waals surface area contributed by atoms with Crippen molar-refractivity contribution in [3.05, 3.63) is 41.7 Å². The summed E-state index contributed by atoms with van der Waals surface area (Å²) in [5.41, 5.74) is 4.41. The lowest BCUT2D eigenvalue weighted by molar-refractivity contribution is -0.137. The molecule has 0 saturated carbocycles. The fourth-order valence-electron chi connectivity index (χ4n) is 2.03. The molecule has 0 aliphatic rings. The van der Waals surface area contributed by atoms with Gasteiger partial charge in [0, 0.05) is 36.8 Å². The Kier molecular flexibility index (Phi) is 5.12. The van der Waals surface area contributed by atoms with Crippen molar-refractivity contribution in [2.75, 3.05) is 18.9 Å². The Morgan fingerprint density at radius 2 is 2.04 bits per heavy atom. The van der Waals surface area contributed by atoms with E-state index in [9.17, 15) is 18.0 Å². The molecule has 0 aliphatic heterocycles. The van der Waals surface area contributed by atoms with E-state index in [1.807, 2.05) is 0 Å². The maximum atomic E-state index is 13.4. The SMILES string of the molecule is CN=Cc1c(C(F)(F)F)cc(-c2ccncc2)nc1NCC(N)=O. The fourth-order valence-corrected chi connectivity index (χ4v) is 2.03. The van der Waals surface area contributed by atoms with Gasteiger partial charge in [-0.3, -0.25) is 14.8 Å². The molecule has 0 fully saturated rings. The quantitative estimate of drug-likeness (QED) is 0.817. The van der Waals surface area contributed by atoms with E-state index < -0.39 is 17.6 Å². The van der Waals surface area contributed by atoms with Gasteiger partial charge in [0.1, 0.15) is 5.82 Å². The zero-order chi connectivity index (χ0) is 17.7. The van der Waals surface area contributed by atoms with Crippen LogP contribution in [0.3, 0.4) is 0 Å². The number of amides is 1. The van der Waals surface area contributed by atoms with E-state index in [2.05, 4.69) is 20.3 Å². The molecule has 126 valence electrons. The third kappa shape index (κ3) is 4.06. The number of carbonyl (C=O) groups is 1. The molecule has 0 spiro atoms. The number of pyridine rings is 2. The molecular weight excluding hydrogens is 323 g/mol. The molecule has 24 heavy (non-hydrogen) atoms. The van der Waals surface area contributed by atoms with Crippen molar-refractivity contribution in [1.29, 1.82) is 0 Å². The van der Waals surface area contributed by atoms with Gasteiger partial charge in [-0.25, -0.2) is 4.98 Å². The van der Waals surface area contributed by atoms with Crippen LogP contribution in [0.25, 0.3) is 11.3 Å². The summed E-state index contributed by atoms with van der Waals surface area (Å²) in [6.07, 6.45) is -0.690. The van der Waals surface area contributed by atoms with Crippen LogP contribution in [0, 0.1) is 0 Å². The van der Waals surface area contributed by atoms with Crippen molar-refractivity contribution >= 4 is 17.9 Å². The van der Waals surface area contributed by atoms with E-state index in [0.29, 0.717) is 5.56 Å². The smallest absolute Gasteiger partial charge is 0.368 e. The van der Waals surface area contributed by atoms with Gasteiger partial charge in [0.25, 0.3) is 0 Å². The molecule has 9 heteroatoms. The molecule has 2 aromatic rings. The van der Waals surface area contributed by atoms with Gasteiger partial charge in [-0.1, -0.05) is 0 Å². The van der Waals surface area contributed by atoms with Crippen LogP contribution in [-0.2, 0) is 11.0 Å². The molecule has 0 saturated heterocycles. The molecule has 0 atom stereocenters. The minimum absolute atomic E-state index is 0.0879. The molecule has 0 aromatic carbocycles. The lowest BCUT2D eigenvalue weighted by atomic mass is 10.0. The van der Waals surface area contributed by atoms with Gasteiger partial charge in [-0.05, 0) is 18.2 Å². The Bertz CT molecular complexity index is 760. The van der Waals surface area contributed by atoms with Crippen molar-refractivity contribution in [2.45, 2.75) is 6.18 Å². The van der Waals surface area contributed by atoms with Gasteiger partial charge < -0.3 is 11.1 Å². The van der Waals surface area contributed by atoms with Crippen molar-refractivity contribution in [2.24, 2.45) is 10.7 Å². The topological polar surface area (TPSA) is 93.3 Å². The van der Waals surface area contributed by atoms with Crippen LogP contribution < -0.4 is 11.1 Å². The zero-order valence-corrected chi connectivity index (χ0v) is 12.6. The minimum Gasteiger partial charge on any atom is -0.368 e. The number of hydrogen-bond donors (Lipinski definition) is 2. The van der Waals surface area contributed by atoms with Gasteiger partial charge in [0.2, 0.25) is 5.91 Å². The molecule has 0 unspecified atom stereocenters. The van der Waals surface area contributed by atoms with Crippen LogP contribution in [0.4, 0.5) is 19.0 Å². The number of carbonyl (C=O) groups excluding carboxylic acids is 1. The predicted octanol–water partition coefficient (Wildman–Crippen LogP) is 2.11. The molecule has 0 aliphatic carbocycles. The molecule has 0 radical (unpaired) electrons. The number of halogens is 3. The van der Waals surface area contributed by atoms with Crippen molar-refractivity contribution in [3.8, 4) is 11.3 Å². The van der Waals surface area contributed by atoms with E-state index in [-0.39, 0.29) is 23.6 Å². The van der Waals surface area contributed by atoms with Gasteiger partial charge in [-0.2, -0.15) is 13.2 Å². The lowest BCUT2D eigenvalue weighted by Crippen LogP contribution is -2.24. The molecule has 2 heterocycles. The summed E-state index contributed by atoms with van der Waals surface area (Å²) in [7, 11) is 1.34. The standard InChI is InChI=1S/C15H14F3N5O/c1-20-7-10-11(15(16,17)18)6-12(9-2-4-21-5-3-9)23-14(10)22-8-13(19)24/h2-7H,8H2,1H3,(H2,19,24)(H,22,23). The van der Waals surface area contributed by atoms with Crippen LogP contribution >= 0.6 is 0 Å². The average Bonchev–Trinajstić information content (AvgIpc) is 2.53. The highest BCUT2D eigenvalue weighted by molar-refractivity contribution is 5.91. The van der Waals surface area contributed by atoms with Crippen molar-refractivity contribution < 1.29 is 18.0 Å². The molecule has 3 N–H and O–H groups in total. The number of nitrogens with two attached hydrogens (primary N) is 1. The normalized spacial score (nSPS) is 11.7. The molecular formula is C15H14F3N5O. The van der Waals surface area contributed by atoms with Gasteiger partial charge in [0.15, 0.2) is 0 Å². The number of aromatic nitrogens is 2. The number of primary amides is 1. The number of anilines is 1. The van der Waals surface area contributed by atoms with Gasteiger partial charge in [0.05, 0.1) is 17.8 Å². The Morgan fingerprint density at radius 3 is 2.58 bits per heavy atom. The summed E-state index contributed by atoms with van der Waals surface area (Å²) in [4.78, 5) is 22.6. The third-order valence-corrected chi connectivity index (χ3v) is 3.03. The summed E-state index contributed by atoms with van der Waals surface area (Å²) in [6, 6.07) is 4.00. The van der Waals surface area contributed by atoms with E-state index in [0.717, 1.165) is 12.3 Å². The van der Waals surface area contributed by atoms with Crippen LogP contribution in [0.2, 0.25) is 0 Å². The molecule has 2 rings (SSSR count). The average molecular weight is 337 g/mol. The molecule has 1 amide bonds. The van der Waals surface area contributed by atoms with Crippen molar-refractivity contribution in [1.82, 2.24) is 9.97 Å². The van der Waals surface area contributed by atoms with E-state index >= 15 is 0 Å². The Balaban J connectivity index is 2.67. The first-order chi connectivity index (χ1) is 11.3. The number of rotatable bonds is 5. The van der Waals surface area contributed by atoms with Crippen LogP contribution in [0.1, 0.15) is 11.1 Å². The highest BCUT2D eigenvalue weighted by Gasteiger charge is 2.35. The van der Waals surface area contributed by atoms with Crippen LogP contribution in [0.5, 0.6) is 0 Å². The largest absolute Gasteiger partial charge is 0.417 e. The second-order valence-electron chi connectivity index (χ2n) is 4.76. The number of nitrogens with zero attached hydrogens (tertiary/aromatic N) is 3. The number of aliphatic imine (C=N–C) groups is 1. The molecule has 6 nitrogen and oxygen atoms in total. The van der Waals surface area contributed by atoms with E-state index in [4.69, 9.17) is 5.73 Å². The van der Waals surface area contributed by atoms with Gasteiger partial charge in [-0.15, -0.1) is 0 Å². The maximum absolute atomic E-state index is 13.4. The highest BCUT2D eigenvalue weighted by Crippen LogP contribution is 2.36. The summed E-state index contributed by atoms with van der Waals surface area (Å²) in [5, 5.41) is 2.53. The maximum Gasteiger partial charge on any atom is 0.417 e. The van der Waals surface area contributed by atoms with E-state index in [1.54, 1.807) is 0 Å². The van der Waals surface area contributed by atoms with E-state index in [1.165, 1.54) is 31.6 Å². The first-order valence-electron chi connectivity index (χ1n) is 6.80. The summed E-state index contributed by atoms with van der Waals surface area (Å²) in [6.45, 7) is -0.353. The number of alkyl halides is 3. The summed E-state index contributed by atoms with van der Waals surface area (Å²) >= 11 is 0. The second-order valence-corrected chi connectivity index (χ2v) is 4.76. The lowest BCUT2D eigenvalue weighted by Gasteiger charge is -2.16. The molecule has 2 aromatic heterocycles.